The van der Waals surface area contributed by atoms with Gasteiger partial charge in [0.1, 0.15) is 5.82 Å². The highest BCUT2D eigenvalue weighted by Crippen LogP contribution is 2.29. The van der Waals surface area contributed by atoms with Gasteiger partial charge in [0, 0.05) is 54.4 Å². The maximum absolute atomic E-state index is 12.3. The van der Waals surface area contributed by atoms with Gasteiger partial charge in [-0.25, -0.2) is 9.97 Å². The summed E-state index contributed by atoms with van der Waals surface area (Å²) in [6.45, 7) is 4.61. The van der Waals surface area contributed by atoms with Gasteiger partial charge in [-0.3, -0.25) is 4.79 Å². The van der Waals surface area contributed by atoms with Crippen molar-refractivity contribution in [3.8, 4) is 11.4 Å². The van der Waals surface area contributed by atoms with E-state index in [4.69, 9.17) is 44.8 Å². The van der Waals surface area contributed by atoms with Gasteiger partial charge in [-0.15, -0.1) is 0 Å². The van der Waals surface area contributed by atoms with Gasteiger partial charge in [-0.05, 0) is 31.0 Å². The van der Waals surface area contributed by atoms with E-state index in [2.05, 4.69) is 4.90 Å². The van der Waals surface area contributed by atoms with Crippen LogP contribution in [0.25, 0.3) is 11.4 Å². The van der Waals surface area contributed by atoms with Crippen LogP contribution < -0.4 is 4.90 Å². The Kier molecular flexibility index (Phi) is 7.74. The van der Waals surface area contributed by atoms with Crippen LogP contribution in [0.1, 0.15) is 23.2 Å². The fourth-order valence-corrected chi connectivity index (χ4v) is 4.46. The topological polar surface area (TPSA) is 49.3 Å². The first-order valence-electron chi connectivity index (χ1n) is 10.9. The van der Waals surface area contributed by atoms with Crippen LogP contribution >= 0.6 is 34.8 Å². The molecule has 2 aromatic carbocycles. The monoisotopic (exact) mass is 502 g/mol. The van der Waals surface area contributed by atoms with Crippen LogP contribution in [0.4, 0.5) is 5.82 Å². The molecule has 4 rings (SSSR count). The van der Waals surface area contributed by atoms with Crippen LogP contribution in [-0.4, -0.2) is 51.8 Å². The molecule has 0 N–H and O–H groups in total. The number of carbonyl (C=O) groups excluding carboxylic acids is 1. The highest BCUT2D eigenvalue weighted by molar-refractivity contribution is 6.53. The number of halogens is 3. The number of anilines is 1. The third kappa shape index (κ3) is 5.78. The van der Waals surface area contributed by atoms with Gasteiger partial charge in [0.2, 0.25) is 0 Å². The van der Waals surface area contributed by atoms with E-state index in [9.17, 15) is 4.79 Å². The van der Waals surface area contributed by atoms with Gasteiger partial charge in [-0.1, -0.05) is 77.3 Å². The van der Waals surface area contributed by atoms with Gasteiger partial charge in [-0.2, -0.15) is 0 Å². The Hall–Kier alpha value is -2.34. The molecule has 1 aromatic heterocycles. The molecule has 1 fully saturated rings. The van der Waals surface area contributed by atoms with E-state index in [1.54, 1.807) is 4.90 Å². The first-order valence-corrected chi connectivity index (χ1v) is 12.2. The highest BCUT2D eigenvalue weighted by Gasteiger charge is 2.26. The minimum Gasteiger partial charge on any atom is -0.354 e. The van der Waals surface area contributed by atoms with E-state index >= 15 is 0 Å². The van der Waals surface area contributed by atoms with Crippen LogP contribution in [0.2, 0.25) is 5.02 Å². The average molecular weight is 504 g/mol. The Bertz CT molecular complexity index is 1110. The van der Waals surface area contributed by atoms with Crippen molar-refractivity contribution < 1.29 is 4.79 Å². The molecule has 0 atom stereocenters. The van der Waals surface area contributed by atoms with E-state index < -0.39 is 4.84 Å². The summed E-state index contributed by atoms with van der Waals surface area (Å²) in [5.74, 6) is 1.35. The lowest BCUT2D eigenvalue weighted by molar-refractivity contribution is -0.129. The zero-order valence-corrected chi connectivity index (χ0v) is 20.6. The van der Waals surface area contributed by atoms with E-state index in [0.717, 1.165) is 41.2 Å². The van der Waals surface area contributed by atoms with Crippen molar-refractivity contribution in [2.45, 2.75) is 24.6 Å². The molecular weight excluding hydrogens is 479 g/mol. The molecule has 33 heavy (non-hydrogen) atoms. The Morgan fingerprint density at radius 2 is 1.70 bits per heavy atom. The minimum absolute atomic E-state index is 0.245. The molecule has 0 spiro atoms. The molecule has 1 aliphatic rings. The molecule has 0 radical (unpaired) electrons. The summed E-state index contributed by atoms with van der Waals surface area (Å²) in [5, 5.41) is 0.709. The quantitative estimate of drug-likeness (QED) is 0.429. The standard InChI is InChI=1S/C25H25Cl3N4O/c1-17-21(16-18-8-10-20(26)11-9-18)24(30-23(29-17)19-6-3-2-4-7-19)31-12-5-13-32(15-14-31)25(33)22(27)28/h2-4,6-11,22H,5,12-16H2,1H3. The number of hydrogen-bond acceptors (Lipinski definition) is 4. The van der Waals surface area contributed by atoms with E-state index in [-0.39, 0.29) is 5.91 Å². The summed E-state index contributed by atoms with van der Waals surface area (Å²) in [7, 11) is 0. The third-order valence-corrected chi connectivity index (χ3v) is 6.44. The molecule has 172 valence electrons. The number of carbonyl (C=O) groups is 1. The van der Waals surface area contributed by atoms with Crippen molar-refractivity contribution in [1.29, 1.82) is 0 Å². The summed E-state index contributed by atoms with van der Waals surface area (Å²) in [6, 6.07) is 17.8. The number of aryl methyl sites for hydroxylation is 1. The lowest BCUT2D eigenvalue weighted by atomic mass is 10.0. The maximum Gasteiger partial charge on any atom is 0.255 e. The van der Waals surface area contributed by atoms with Crippen molar-refractivity contribution in [3.63, 3.8) is 0 Å². The maximum atomic E-state index is 12.3. The molecule has 1 amide bonds. The number of alkyl halides is 2. The first kappa shape index (κ1) is 23.8. The number of amides is 1. The van der Waals surface area contributed by atoms with E-state index in [1.807, 2.05) is 61.5 Å². The van der Waals surface area contributed by atoms with Gasteiger partial charge >= 0.3 is 0 Å². The molecule has 8 heteroatoms. The molecule has 1 saturated heterocycles. The van der Waals surface area contributed by atoms with Crippen LogP contribution in [0.15, 0.2) is 54.6 Å². The third-order valence-electron chi connectivity index (χ3n) is 5.81. The Morgan fingerprint density at radius 1 is 0.970 bits per heavy atom. The second kappa shape index (κ2) is 10.7. The van der Waals surface area contributed by atoms with Gasteiger partial charge in [0.05, 0.1) is 0 Å². The predicted octanol–water partition coefficient (Wildman–Crippen LogP) is 5.54. The van der Waals surface area contributed by atoms with Crippen molar-refractivity contribution in [2.24, 2.45) is 0 Å². The molecule has 5 nitrogen and oxygen atoms in total. The minimum atomic E-state index is -1.04. The normalized spacial score (nSPS) is 14.5. The summed E-state index contributed by atoms with van der Waals surface area (Å²) in [5.41, 5.74) is 4.12. The number of rotatable bonds is 5. The van der Waals surface area contributed by atoms with E-state index in [1.165, 1.54) is 0 Å². The second-order valence-corrected chi connectivity index (χ2v) is 9.60. The lowest BCUT2D eigenvalue weighted by Crippen LogP contribution is -2.38. The molecule has 0 unspecified atom stereocenters. The highest BCUT2D eigenvalue weighted by atomic mass is 35.5. The zero-order chi connectivity index (χ0) is 23.4. The van der Waals surface area contributed by atoms with Gasteiger partial charge in [0.15, 0.2) is 10.7 Å². The van der Waals surface area contributed by atoms with Crippen LogP contribution in [-0.2, 0) is 11.2 Å². The number of aromatic nitrogens is 2. The predicted molar refractivity (Wildman–Crippen MR) is 135 cm³/mol. The molecule has 0 aliphatic carbocycles. The zero-order valence-electron chi connectivity index (χ0n) is 18.3. The second-order valence-electron chi connectivity index (χ2n) is 8.07. The summed E-state index contributed by atoms with van der Waals surface area (Å²) in [4.78, 5) is 25.1. The molecular formula is C25H25Cl3N4O. The Balaban J connectivity index is 1.71. The Morgan fingerprint density at radius 3 is 2.39 bits per heavy atom. The summed E-state index contributed by atoms with van der Waals surface area (Å²) in [6.07, 6.45) is 1.49. The SMILES string of the molecule is Cc1nc(-c2ccccc2)nc(N2CCCN(C(=O)C(Cl)Cl)CC2)c1Cc1ccc(Cl)cc1. The first-order chi connectivity index (χ1) is 15.9. The molecule has 2 heterocycles. The number of nitrogens with zero attached hydrogens (tertiary/aromatic N) is 4. The van der Waals surface area contributed by atoms with Gasteiger partial charge < -0.3 is 9.80 Å². The average Bonchev–Trinajstić information content (AvgIpc) is 3.08. The smallest absolute Gasteiger partial charge is 0.255 e. The molecule has 0 saturated carbocycles. The van der Waals surface area contributed by atoms with Crippen molar-refractivity contribution in [1.82, 2.24) is 14.9 Å². The fourth-order valence-electron chi connectivity index (χ4n) is 4.06. The van der Waals surface area contributed by atoms with Gasteiger partial charge in [0.25, 0.3) is 5.91 Å². The summed E-state index contributed by atoms with van der Waals surface area (Å²) < 4.78 is 0. The van der Waals surface area contributed by atoms with Crippen molar-refractivity contribution >= 4 is 46.5 Å². The van der Waals surface area contributed by atoms with Crippen LogP contribution in [0.5, 0.6) is 0 Å². The lowest BCUT2D eigenvalue weighted by Gasteiger charge is -2.26. The summed E-state index contributed by atoms with van der Waals surface area (Å²) >= 11 is 17.8. The number of benzene rings is 2. The van der Waals surface area contributed by atoms with Crippen molar-refractivity contribution in [3.05, 3.63) is 76.4 Å². The Labute approximate surface area is 209 Å². The molecule has 0 bridgehead atoms. The van der Waals surface area contributed by atoms with Crippen molar-refractivity contribution in [2.75, 3.05) is 31.1 Å². The largest absolute Gasteiger partial charge is 0.354 e. The number of hydrogen-bond donors (Lipinski definition) is 0. The van der Waals surface area contributed by atoms with Crippen LogP contribution in [0, 0.1) is 6.92 Å². The molecule has 1 aliphatic heterocycles. The fraction of sp³-hybridized carbons (Fsp3) is 0.320. The van der Waals surface area contributed by atoms with Crippen LogP contribution in [0.3, 0.4) is 0 Å². The molecule has 3 aromatic rings. The van der Waals surface area contributed by atoms with E-state index in [0.29, 0.717) is 36.9 Å².